The third-order valence-electron chi connectivity index (χ3n) is 3.47. The van der Waals surface area contributed by atoms with Crippen LogP contribution in [0.15, 0.2) is 48.7 Å². The molecule has 1 N–H and O–H groups in total. The summed E-state index contributed by atoms with van der Waals surface area (Å²) in [4.78, 5) is 17.0. The molecule has 28 heavy (non-hydrogen) atoms. The first-order valence-electron chi connectivity index (χ1n) is 8.14. The van der Waals surface area contributed by atoms with Crippen molar-refractivity contribution >= 4 is 5.91 Å². The molecule has 3 aromatic rings. The van der Waals surface area contributed by atoms with E-state index in [9.17, 15) is 18.0 Å². The Balaban J connectivity index is 1.56. The number of alkyl halides is 3. The van der Waals surface area contributed by atoms with Crippen LogP contribution in [0.4, 0.5) is 13.2 Å². The molecule has 0 saturated heterocycles. The first kappa shape index (κ1) is 19.3. The molecule has 0 fully saturated rings. The van der Waals surface area contributed by atoms with E-state index in [1.807, 2.05) is 30.3 Å². The minimum atomic E-state index is -4.48. The van der Waals surface area contributed by atoms with Crippen LogP contribution in [0.1, 0.15) is 5.56 Å². The lowest BCUT2D eigenvalue weighted by Crippen LogP contribution is -2.28. The molecule has 1 aromatic carbocycles. The second kappa shape index (κ2) is 8.46. The third kappa shape index (κ3) is 5.50. The predicted molar refractivity (Wildman–Crippen MR) is 90.9 cm³/mol. The first-order valence-corrected chi connectivity index (χ1v) is 8.14. The van der Waals surface area contributed by atoms with E-state index in [4.69, 9.17) is 0 Å². The van der Waals surface area contributed by atoms with Gasteiger partial charge in [-0.05, 0) is 11.3 Å². The maximum absolute atomic E-state index is 12.3. The lowest BCUT2D eigenvalue weighted by atomic mass is 10.2. The Morgan fingerprint density at radius 1 is 1.14 bits per heavy atom. The Hall–Kier alpha value is -3.50. The molecule has 1 amide bonds. The first-order chi connectivity index (χ1) is 13.4. The number of amides is 1. The number of nitrogens with one attached hydrogen (secondary N) is 1. The highest BCUT2D eigenvalue weighted by Crippen LogP contribution is 2.19. The Kier molecular flexibility index (Phi) is 5.82. The molecule has 2 aromatic heterocycles. The number of nitrogens with zero attached hydrogens (tertiary/aromatic N) is 5. The molecule has 0 aliphatic rings. The topological polar surface area (TPSA) is 94.8 Å². The quantitative estimate of drug-likeness (QED) is 0.661. The predicted octanol–water partition coefficient (Wildman–Crippen LogP) is 1.99. The highest BCUT2D eigenvalue weighted by Gasteiger charge is 2.29. The maximum Gasteiger partial charge on any atom is 0.422 e. The van der Waals surface area contributed by atoms with Gasteiger partial charge in [0.05, 0.1) is 0 Å². The summed E-state index contributed by atoms with van der Waals surface area (Å²) in [5, 5.41) is 14.4. The van der Waals surface area contributed by atoms with Gasteiger partial charge < -0.3 is 10.1 Å². The fraction of sp³-hybridized carbons (Fsp3) is 0.235. The molecule has 0 radical (unpaired) electrons. The summed E-state index contributed by atoms with van der Waals surface area (Å²) in [5.74, 6) is -0.253. The van der Waals surface area contributed by atoms with Crippen LogP contribution >= 0.6 is 0 Å². The Morgan fingerprint density at radius 3 is 2.68 bits per heavy atom. The maximum atomic E-state index is 12.3. The number of carbonyl (C=O) groups is 1. The van der Waals surface area contributed by atoms with Gasteiger partial charge in [-0.15, -0.1) is 10.2 Å². The fourth-order valence-corrected chi connectivity index (χ4v) is 2.23. The molecular weight excluding hydrogens is 377 g/mol. The van der Waals surface area contributed by atoms with Gasteiger partial charge in [-0.25, -0.2) is 4.98 Å². The highest BCUT2D eigenvalue weighted by molar-refractivity contribution is 5.75. The number of ether oxygens (including phenoxy) is 1. The minimum absolute atomic E-state index is 0.0555. The van der Waals surface area contributed by atoms with E-state index < -0.39 is 18.7 Å². The van der Waals surface area contributed by atoms with Crippen molar-refractivity contribution in [2.24, 2.45) is 0 Å². The number of tetrazole rings is 1. The van der Waals surface area contributed by atoms with Crippen LogP contribution in [-0.4, -0.2) is 43.9 Å². The Labute approximate surface area is 157 Å². The minimum Gasteiger partial charge on any atom is -0.468 e. The standard InChI is InChI=1S/C17H15F3N6O2/c18-17(19,20)11-28-16-13(7-4-8-21-16)9-22-14(27)10-26-24-15(23-25-26)12-5-2-1-3-6-12/h1-8H,9-11H2,(H,22,27). The number of carbonyl (C=O) groups excluding carboxylic acids is 1. The smallest absolute Gasteiger partial charge is 0.422 e. The molecule has 0 aliphatic carbocycles. The van der Waals surface area contributed by atoms with Crippen LogP contribution in [-0.2, 0) is 17.9 Å². The number of rotatable bonds is 7. The van der Waals surface area contributed by atoms with Crippen LogP contribution in [0.3, 0.4) is 0 Å². The van der Waals surface area contributed by atoms with Crippen LogP contribution < -0.4 is 10.1 Å². The normalized spacial score (nSPS) is 11.2. The van der Waals surface area contributed by atoms with Gasteiger partial charge in [0.2, 0.25) is 17.6 Å². The number of hydrogen-bond donors (Lipinski definition) is 1. The van der Waals surface area contributed by atoms with E-state index in [-0.39, 0.29) is 19.0 Å². The zero-order valence-electron chi connectivity index (χ0n) is 14.4. The molecule has 0 unspecified atom stereocenters. The van der Waals surface area contributed by atoms with Crippen molar-refractivity contribution in [3.63, 3.8) is 0 Å². The highest BCUT2D eigenvalue weighted by atomic mass is 19.4. The molecule has 8 nitrogen and oxygen atoms in total. The summed E-state index contributed by atoms with van der Waals surface area (Å²) in [6.45, 7) is -1.71. The van der Waals surface area contributed by atoms with Crippen molar-refractivity contribution in [3.8, 4) is 17.3 Å². The molecular formula is C17H15F3N6O2. The molecule has 0 atom stereocenters. The molecule has 146 valence electrons. The summed E-state index contributed by atoms with van der Waals surface area (Å²) in [6, 6.07) is 12.2. The molecule has 11 heteroatoms. The number of aromatic nitrogens is 5. The largest absolute Gasteiger partial charge is 0.468 e. The van der Waals surface area contributed by atoms with Crippen LogP contribution in [0.25, 0.3) is 11.4 Å². The van der Waals surface area contributed by atoms with Crippen molar-refractivity contribution < 1.29 is 22.7 Å². The summed E-state index contributed by atoms with van der Waals surface area (Å²) in [6.07, 6.45) is -3.17. The van der Waals surface area contributed by atoms with Crippen molar-refractivity contribution in [2.75, 3.05) is 6.61 Å². The second-order valence-electron chi connectivity index (χ2n) is 5.66. The van der Waals surface area contributed by atoms with Gasteiger partial charge in [0.25, 0.3) is 0 Å². The van der Waals surface area contributed by atoms with E-state index in [0.717, 1.165) is 10.4 Å². The summed E-state index contributed by atoms with van der Waals surface area (Å²) < 4.78 is 41.6. The zero-order valence-corrected chi connectivity index (χ0v) is 14.4. The molecule has 2 heterocycles. The molecule has 3 rings (SSSR count). The van der Waals surface area contributed by atoms with E-state index in [1.54, 1.807) is 0 Å². The van der Waals surface area contributed by atoms with Crippen LogP contribution in [0.2, 0.25) is 0 Å². The monoisotopic (exact) mass is 392 g/mol. The van der Waals surface area contributed by atoms with Gasteiger partial charge in [-0.3, -0.25) is 4.79 Å². The zero-order chi connectivity index (χ0) is 20.0. The SMILES string of the molecule is O=C(Cn1nnc(-c2ccccc2)n1)NCc1cccnc1OCC(F)(F)F. The lowest BCUT2D eigenvalue weighted by Gasteiger charge is -2.12. The van der Waals surface area contributed by atoms with E-state index in [0.29, 0.717) is 11.4 Å². The van der Waals surface area contributed by atoms with Crippen LogP contribution in [0.5, 0.6) is 5.88 Å². The number of pyridine rings is 1. The summed E-state index contributed by atoms with van der Waals surface area (Å²) in [5.41, 5.74) is 1.08. The van der Waals surface area contributed by atoms with Gasteiger partial charge >= 0.3 is 6.18 Å². The van der Waals surface area contributed by atoms with Gasteiger partial charge in [0.1, 0.15) is 6.54 Å². The average Bonchev–Trinajstić information content (AvgIpc) is 3.14. The second-order valence-corrected chi connectivity index (χ2v) is 5.66. The van der Waals surface area contributed by atoms with E-state index in [1.165, 1.54) is 18.3 Å². The van der Waals surface area contributed by atoms with Gasteiger partial charge in [0.15, 0.2) is 6.61 Å². The van der Waals surface area contributed by atoms with E-state index >= 15 is 0 Å². The van der Waals surface area contributed by atoms with Gasteiger partial charge in [-0.1, -0.05) is 36.4 Å². The molecule has 0 spiro atoms. The summed E-state index contributed by atoms with van der Waals surface area (Å²) >= 11 is 0. The molecule has 0 aliphatic heterocycles. The number of hydrogen-bond acceptors (Lipinski definition) is 6. The number of benzene rings is 1. The Morgan fingerprint density at radius 2 is 1.93 bits per heavy atom. The third-order valence-corrected chi connectivity index (χ3v) is 3.47. The van der Waals surface area contributed by atoms with Crippen molar-refractivity contribution in [1.82, 2.24) is 30.5 Å². The lowest BCUT2D eigenvalue weighted by molar-refractivity contribution is -0.154. The molecule has 0 bridgehead atoms. The van der Waals surface area contributed by atoms with Gasteiger partial charge in [-0.2, -0.15) is 18.0 Å². The van der Waals surface area contributed by atoms with Crippen molar-refractivity contribution in [1.29, 1.82) is 0 Å². The Bertz CT molecular complexity index is 930. The van der Waals surface area contributed by atoms with Gasteiger partial charge in [0, 0.05) is 23.9 Å². The summed E-state index contributed by atoms with van der Waals surface area (Å²) in [7, 11) is 0. The molecule has 0 saturated carbocycles. The van der Waals surface area contributed by atoms with Crippen molar-refractivity contribution in [2.45, 2.75) is 19.3 Å². The van der Waals surface area contributed by atoms with Crippen molar-refractivity contribution in [3.05, 3.63) is 54.2 Å². The fourth-order valence-electron chi connectivity index (χ4n) is 2.23. The van der Waals surface area contributed by atoms with E-state index in [2.05, 4.69) is 30.4 Å². The number of halogens is 3. The average molecular weight is 392 g/mol. The van der Waals surface area contributed by atoms with Crippen LogP contribution in [0, 0.1) is 0 Å².